The van der Waals surface area contributed by atoms with Crippen molar-refractivity contribution in [3.05, 3.63) is 30.1 Å². The zero-order valence-electron chi connectivity index (χ0n) is 7.27. The second kappa shape index (κ2) is 5.13. The van der Waals surface area contributed by atoms with E-state index in [1.54, 1.807) is 12.4 Å². The van der Waals surface area contributed by atoms with Crippen LogP contribution in [0.3, 0.4) is 0 Å². The summed E-state index contributed by atoms with van der Waals surface area (Å²) in [5.41, 5.74) is 5.93. The number of aryl methyl sites for hydroxylation is 1. The maximum Gasteiger partial charge on any atom is 0.404 e. The summed E-state index contributed by atoms with van der Waals surface area (Å²) in [7, 11) is 0. The zero-order chi connectivity index (χ0) is 9.52. The molecule has 0 spiro atoms. The highest BCUT2D eigenvalue weighted by Gasteiger charge is 1.95. The molecule has 1 heterocycles. The Kier molecular flexibility index (Phi) is 3.75. The number of ether oxygens (including phenoxy) is 1. The normalized spacial score (nSPS) is 9.54. The number of hydrogen-bond donors (Lipinski definition) is 1. The summed E-state index contributed by atoms with van der Waals surface area (Å²) >= 11 is 0. The lowest BCUT2D eigenvalue weighted by molar-refractivity contribution is 0.155. The Balaban J connectivity index is 2.17. The van der Waals surface area contributed by atoms with Crippen LogP contribution in [0.1, 0.15) is 12.0 Å². The maximum atomic E-state index is 10.2. The van der Waals surface area contributed by atoms with E-state index in [1.165, 1.54) is 0 Å². The highest BCUT2D eigenvalue weighted by Crippen LogP contribution is 1.99. The number of rotatable bonds is 4. The van der Waals surface area contributed by atoms with E-state index in [9.17, 15) is 4.79 Å². The van der Waals surface area contributed by atoms with Gasteiger partial charge in [0.2, 0.25) is 0 Å². The first kappa shape index (κ1) is 9.51. The number of pyridine rings is 1. The first-order valence-electron chi connectivity index (χ1n) is 4.10. The molecule has 0 atom stereocenters. The van der Waals surface area contributed by atoms with Crippen molar-refractivity contribution in [2.75, 3.05) is 6.61 Å². The molecule has 0 aliphatic rings. The van der Waals surface area contributed by atoms with Gasteiger partial charge in [0.05, 0.1) is 6.61 Å². The van der Waals surface area contributed by atoms with Crippen molar-refractivity contribution in [1.82, 2.24) is 4.98 Å². The number of nitrogens with zero attached hydrogens (tertiary/aromatic N) is 1. The van der Waals surface area contributed by atoms with Gasteiger partial charge in [-0.15, -0.1) is 0 Å². The lowest BCUT2D eigenvalue weighted by atomic mass is 10.2. The van der Waals surface area contributed by atoms with E-state index in [-0.39, 0.29) is 0 Å². The predicted molar refractivity (Wildman–Crippen MR) is 48.1 cm³/mol. The molecule has 0 aliphatic heterocycles. The van der Waals surface area contributed by atoms with Crippen LogP contribution in [-0.2, 0) is 11.2 Å². The smallest absolute Gasteiger partial charge is 0.404 e. The number of amides is 1. The minimum Gasteiger partial charge on any atom is -0.450 e. The van der Waals surface area contributed by atoms with Crippen LogP contribution in [-0.4, -0.2) is 17.7 Å². The van der Waals surface area contributed by atoms with Gasteiger partial charge in [0.15, 0.2) is 0 Å². The van der Waals surface area contributed by atoms with E-state index in [4.69, 9.17) is 5.73 Å². The molecule has 4 nitrogen and oxygen atoms in total. The molecule has 0 unspecified atom stereocenters. The molecule has 2 N–H and O–H groups in total. The molecule has 0 saturated heterocycles. The Labute approximate surface area is 76.7 Å². The van der Waals surface area contributed by atoms with E-state index in [2.05, 4.69) is 9.72 Å². The Morgan fingerprint density at radius 3 is 3.08 bits per heavy atom. The third-order valence-electron chi connectivity index (χ3n) is 1.58. The average Bonchev–Trinajstić information content (AvgIpc) is 2.14. The number of carbonyl (C=O) groups is 1. The van der Waals surface area contributed by atoms with Gasteiger partial charge in [-0.05, 0) is 24.5 Å². The second-order valence-electron chi connectivity index (χ2n) is 2.63. The molecule has 1 rings (SSSR count). The first-order chi connectivity index (χ1) is 6.29. The van der Waals surface area contributed by atoms with Gasteiger partial charge in [0, 0.05) is 12.4 Å². The summed E-state index contributed by atoms with van der Waals surface area (Å²) in [5.74, 6) is 0. The molecule has 70 valence electrons. The predicted octanol–water partition coefficient (Wildman–Crippen LogP) is 1.11. The molecule has 1 amide bonds. The topological polar surface area (TPSA) is 65.2 Å². The van der Waals surface area contributed by atoms with Crippen LogP contribution in [0.2, 0.25) is 0 Å². The molecular formula is C9H12N2O2. The summed E-state index contributed by atoms with van der Waals surface area (Å²) in [6.45, 7) is 0.365. The third kappa shape index (κ3) is 4.10. The van der Waals surface area contributed by atoms with Crippen LogP contribution in [0.25, 0.3) is 0 Å². The number of carbonyl (C=O) groups excluding carboxylic acids is 1. The van der Waals surface area contributed by atoms with E-state index < -0.39 is 6.09 Å². The number of nitrogens with two attached hydrogens (primary N) is 1. The lowest BCUT2D eigenvalue weighted by Crippen LogP contribution is -2.13. The number of hydrogen-bond acceptors (Lipinski definition) is 3. The van der Waals surface area contributed by atoms with Gasteiger partial charge in [0.1, 0.15) is 0 Å². The van der Waals surface area contributed by atoms with Crippen molar-refractivity contribution in [2.24, 2.45) is 5.73 Å². The maximum absolute atomic E-state index is 10.2. The molecule has 0 aromatic carbocycles. The Morgan fingerprint density at radius 1 is 1.62 bits per heavy atom. The van der Waals surface area contributed by atoms with Crippen molar-refractivity contribution >= 4 is 6.09 Å². The molecule has 0 aliphatic carbocycles. The van der Waals surface area contributed by atoms with Crippen LogP contribution in [0, 0.1) is 0 Å². The van der Waals surface area contributed by atoms with Gasteiger partial charge < -0.3 is 10.5 Å². The highest BCUT2D eigenvalue weighted by molar-refractivity contribution is 5.64. The fourth-order valence-corrected chi connectivity index (χ4v) is 0.995. The Morgan fingerprint density at radius 2 is 2.46 bits per heavy atom. The molecule has 0 radical (unpaired) electrons. The summed E-state index contributed by atoms with van der Waals surface area (Å²) in [4.78, 5) is 14.2. The first-order valence-corrected chi connectivity index (χ1v) is 4.10. The summed E-state index contributed by atoms with van der Waals surface area (Å²) in [6.07, 6.45) is 4.43. The quantitative estimate of drug-likeness (QED) is 0.706. The van der Waals surface area contributed by atoms with Crippen molar-refractivity contribution in [2.45, 2.75) is 12.8 Å². The van der Waals surface area contributed by atoms with E-state index in [0.717, 1.165) is 18.4 Å². The highest BCUT2D eigenvalue weighted by atomic mass is 16.5. The van der Waals surface area contributed by atoms with Crippen LogP contribution in [0.15, 0.2) is 24.5 Å². The Bertz CT molecular complexity index is 262. The zero-order valence-corrected chi connectivity index (χ0v) is 7.27. The fourth-order valence-electron chi connectivity index (χ4n) is 0.995. The summed E-state index contributed by atoms with van der Waals surface area (Å²) in [5, 5.41) is 0. The minimum absolute atomic E-state index is 0.365. The summed E-state index contributed by atoms with van der Waals surface area (Å²) < 4.78 is 4.58. The van der Waals surface area contributed by atoms with Crippen LogP contribution in [0.5, 0.6) is 0 Å². The van der Waals surface area contributed by atoms with E-state index in [0.29, 0.717) is 6.61 Å². The molecule has 4 heteroatoms. The van der Waals surface area contributed by atoms with Crippen molar-refractivity contribution in [3.8, 4) is 0 Å². The second-order valence-corrected chi connectivity index (χ2v) is 2.63. The van der Waals surface area contributed by atoms with Gasteiger partial charge in [-0.1, -0.05) is 6.07 Å². The van der Waals surface area contributed by atoms with Gasteiger partial charge in [0.25, 0.3) is 0 Å². The molecule has 1 aromatic heterocycles. The van der Waals surface area contributed by atoms with Gasteiger partial charge >= 0.3 is 6.09 Å². The van der Waals surface area contributed by atoms with Crippen LogP contribution < -0.4 is 5.73 Å². The lowest BCUT2D eigenvalue weighted by Gasteiger charge is -2.00. The average molecular weight is 180 g/mol. The molecule has 0 bridgehead atoms. The van der Waals surface area contributed by atoms with E-state index >= 15 is 0 Å². The molecule has 0 fully saturated rings. The number of aromatic nitrogens is 1. The van der Waals surface area contributed by atoms with Gasteiger partial charge in [-0.25, -0.2) is 4.79 Å². The van der Waals surface area contributed by atoms with E-state index in [1.807, 2.05) is 12.1 Å². The van der Waals surface area contributed by atoms with Crippen molar-refractivity contribution < 1.29 is 9.53 Å². The SMILES string of the molecule is NC(=O)OCCCc1cccnc1. The van der Waals surface area contributed by atoms with Crippen molar-refractivity contribution in [3.63, 3.8) is 0 Å². The monoisotopic (exact) mass is 180 g/mol. The largest absolute Gasteiger partial charge is 0.450 e. The molecule has 1 aromatic rings. The fraction of sp³-hybridized carbons (Fsp3) is 0.333. The van der Waals surface area contributed by atoms with Crippen LogP contribution in [0.4, 0.5) is 4.79 Å². The van der Waals surface area contributed by atoms with Crippen LogP contribution >= 0.6 is 0 Å². The molecular weight excluding hydrogens is 168 g/mol. The number of primary amides is 1. The van der Waals surface area contributed by atoms with Crippen molar-refractivity contribution in [1.29, 1.82) is 0 Å². The summed E-state index contributed by atoms with van der Waals surface area (Å²) in [6, 6.07) is 3.86. The van der Waals surface area contributed by atoms with Gasteiger partial charge in [-0.3, -0.25) is 4.98 Å². The standard InChI is InChI=1S/C9H12N2O2/c10-9(12)13-6-2-4-8-3-1-5-11-7-8/h1,3,5,7H,2,4,6H2,(H2,10,12). The Hall–Kier alpha value is -1.58. The molecule has 13 heavy (non-hydrogen) atoms. The minimum atomic E-state index is -0.716. The third-order valence-corrected chi connectivity index (χ3v) is 1.58. The van der Waals surface area contributed by atoms with Gasteiger partial charge in [-0.2, -0.15) is 0 Å². The molecule has 0 saturated carbocycles.